The Morgan fingerprint density at radius 3 is 2.59 bits per heavy atom. The van der Waals surface area contributed by atoms with E-state index >= 15 is 0 Å². The number of nitrogens with zero attached hydrogens (tertiary/aromatic N) is 2. The van der Waals surface area contributed by atoms with Gasteiger partial charge in [0, 0.05) is 59.0 Å². The molecule has 2 aliphatic heterocycles. The van der Waals surface area contributed by atoms with Crippen LogP contribution in [0.3, 0.4) is 0 Å². The summed E-state index contributed by atoms with van der Waals surface area (Å²) in [5, 5.41) is 13.8. The van der Waals surface area contributed by atoms with Crippen molar-refractivity contribution in [3.63, 3.8) is 0 Å². The van der Waals surface area contributed by atoms with Crippen molar-refractivity contribution in [1.29, 1.82) is 0 Å². The smallest absolute Gasteiger partial charge is 0.134 e. The van der Waals surface area contributed by atoms with Crippen molar-refractivity contribution >= 4 is 48.8 Å². The number of nitrogens with one attached hydrogen (secondary N) is 1. The van der Waals surface area contributed by atoms with Crippen LogP contribution in [0.25, 0.3) is 0 Å². The van der Waals surface area contributed by atoms with E-state index < -0.39 is 0 Å². The summed E-state index contributed by atoms with van der Waals surface area (Å²) in [5.41, 5.74) is 1.11. The Balaban J connectivity index is 0.00000261. The molecule has 2 saturated heterocycles. The summed E-state index contributed by atoms with van der Waals surface area (Å²) in [4.78, 5) is 5.00. The van der Waals surface area contributed by atoms with E-state index in [2.05, 4.69) is 15.1 Å². The Morgan fingerprint density at radius 2 is 1.90 bits per heavy atom. The van der Waals surface area contributed by atoms with E-state index in [1.165, 1.54) is 0 Å². The molecule has 170 valence electrons. The maximum absolute atomic E-state index is 9.78. The molecule has 2 fully saturated rings. The second kappa shape index (κ2) is 14.9. The summed E-state index contributed by atoms with van der Waals surface area (Å²) >= 11 is 5.90. The topological polar surface area (TPSA) is 57.2 Å². The summed E-state index contributed by atoms with van der Waals surface area (Å²) in [6, 6.07) is 5.93. The molecule has 0 aromatic heterocycles. The molecule has 0 unspecified atom stereocenters. The maximum atomic E-state index is 9.78. The first-order valence-electron chi connectivity index (χ1n) is 9.40. The second-order valence-electron chi connectivity index (χ2n) is 7.19. The van der Waals surface area contributed by atoms with E-state index in [-0.39, 0.29) is 49.1 Å². The molecule has 1 aromatic rings. The van der Waals surface area contributed by atoms with E-state index in [9.17, 15) is 5.11 Å². The second-order valence-corrected chi connectivity index (χ2v) is 7.60. The van der Waals surface area contributed by atoms with E-state index in [0.29, 0.717) is 17.7 Å². The Labute approximate surface area is 197 Å². The summed E-state index contributed by atoms with van der Waals surface area (Å²) in [7, 11) is 1.73. The van der Waals surface area contributed by atoms with Gasteiger partial charge >= 0.3 is 0 Å². The highest BCUT2D eigenvalue weighted by Crippen LogP contribution is 2.24. The van der Waals surface area contributed by atoms with Gasteiger partial charge in [-0.1, -0.05) is 17.7 Å². The van der Waals surface area contributed by atoms with Crippen molar-refractivity contribution in [2.24, 2.45) is 0 Å². The highest BCUT2D eigenvalue weighted by molar-refractivity contribution is 6.32. The number of halogens is 4. The minimum Gasteiger partial charge on any atom is -0.506 e. The fourth-order valence-corrected chi connectivity index (χ4v) is 3.87. The van der Waals surface area contributed by atoms with Gasteiger partial charge in [0.05, 0.1) is 24.3 Å². The Morgan fingerprint density at radius 1 is 1.17 bits per heavy atom. The molecule has 2 atom stereocenters. The van der Waals surface area contributed by atoms with E-state index in [0.717, 1.165) is 64.4 Å². The normalized spacial score (nSPS) is 22.8. The number of morpholine rings is 1. The predicted molar refractivity (Wildman–Crippen MR) is 125 cm³/mol. The fraction of sp³-hybridized carbons (Fsp3) is 0.684. The lowest BCUT2D eigenvalue weighted by atomic mass is 10.0. The van der Waals surface area contributed by atoms with Crippen molar-refractivity contribution in [3.8, 4) is 5.75 Å². The van der Waals surface area contributed by atoms with Gasteiger partial charge in [-0.3, -0.25) is 9.80 Å². The highest BCUT2D eigenvalue weighted by atomic mass is 35.5. The predicted octanol–water partition coefficient (Wildman–Crippen LogP) is 2.47. The van der Waals surface area contributed by atoms with Crippen LogP contribution in [-0.2, 0) is 15.9 Å². The van der Waals surface area contributed by atoms with E-state index in [4.69, 9.17) is 21.1 Å². The van der Waals surface area contributed by atoms with Gasteiger partial charge in [0.1, 0.15) is 5.75 Å². The summed E-state index contributed by atoms with van der Waals surface area (Å²) in [6.45, 7) is 8.65. The summed E-state index contributed by atoms with van der Waals surface area (Å²) in [6.07, 6.45) is 1.09. The first-order chi connectivity index (χ1) is 12.6. The Hall–Kier alpha value is -0.0200. The number of hydrogen-bond acceptors (Lipinski definition) is 6. The molecule has 0 amide bonds. The molecule has 6 nitrogen and oxygen atoms in total. The van der Waals surface area contributed by atoms with Gasteiger partial charge < -0.3 is 19.9 Å². The summed E-state index contributed by atoms with van der Waals surface area (Å²) < 4.78 is 10.9. The molecule has 0 aliphatic carbocycles. The fourth-order valence-electron chi connectivity index (χ4n) is 3.76. The van der Waals surface area contributed by atoms with Crippen molar-refractivity contribution < 1.29 is 14.6 Å². The molecule has 0 saturated carbocycles. The zero-order valence-corrected chi connectivity index (χ0v) is 19.9. The minimum atomic E-state index is 0. The molecule has 2 N–H and O–H groups in total. The number of rotatable bonds is 7. The van der Waals surface area contributed by atoms with Gasteiger partial charge in [-0.2, -0.15) is 0 Å². The molecule has 3 rings (SSSR count). The summed E-state index contributed by atoms with van der Waals surface area (Å²) in [5.74, 6) is 0.162. The molecule has 2 heterocycles. The molecular formula is C19H33Cl4N3O3. The third kappa shape index (κ3) is 9.33. The Kier molecular flexibility index (Phi) is 14.9. The van der Waals surface area contributed by atoms with E-state index in [1.807, 2.05) is 6.07 Å². The quantitative estimate of drug-likeness (QED) is 0.609. The third-order valence-corrected chi connectivity index (χ3v) is 5.46. The number of piperazine rings is 1. The van der Waals surface area contributed by atoms with E-state index in [1.54, 1.807) is 19.2 Å². The zero-order valence-electron chi connectivity index (χ0n) is 16.7. The molecule has 0 bridgehead atoms. The Bertz CT molecular complexity index is 584. The molecule has 2 aliphatic rings. The molecular weight excluding hydrogens is 460 g/mol. The third-order valence-electron chi connectivity index (χ3n) is 5.14. The van der Waals surface area contributed by atoms with Gasteiger partial charge in [-0.15, -0.1) is 37.2 Å². The molecule has 10 heteroatoms. The van der Waals surface area contributed by atoms with Crippen molar-refractivity contribution in [1.82, 2.24) is 15.1 Å². The van der Waals surface area contributed by atoms with Gasteiger partial charge in [0.2, 0.25) is 0 Å². The monoisotopic (exact) mass is 491 g/mol. The first kappa shape index (κ1) is 29.0. The van der Waals surface area contributed by atoms with Crippen LogP contribution in [0.1, 0.15) is 5.56 Å². The number of benzene rings is 1. The van der Waals surface area contributed by atoms with Crippen LogP contribution in [0.2, 0.25) is 5.02 Å². The van der Waals surface area contributed by atoms with Crippen molar-refractivity contribution in [2.45, 2.75) is 18.6 Å². The average molecular weight is 493 g/mol. The molecule has 29 heavy (non-hydrogen) atoms. The van der Waals surface area contributed by atoms with Crippen LogP contribution < -0.4 is 5.32 Å². The number of hydrogen-bond donors (Lipinski definition) is 2. The average Bonchev–Trinajstić information content (AvgIpc) is 2.64. The SMILES string of the molecule is COC[C@@H]1CN(CCN2CCN[C@H](Cc3ccc(Cl)c(O)c3)C2)CCO1.Cl.Cl.Cl. The minimum absolute atomic E-state index is 0. The number of phenolic OH excluding ortho intramolecular Hbond substituents is 1. The lowest BCUT2D eigenvalue weighted by Gasteiger charge is -2.37. The maximum Gasteiger partial charge on any atom is 0.134 e. The molecule has 1 aromatic carbocycles. The standard InChI is InChI=1S/C19H30ClN3O3.3ClH/c1-25-14-17-13-23(8-9-26-17)7-6-22-5-4-21-16(12-22)10-15-2-3-18(20)19(24)11-15;;;/h2-3,11,16-17,21,24H,4-10,12-14H2,1H3;3*1H/t16-,17+;;;/m1.../s1. The first-order valence-corrected chi connectivity index (χ1v) is 9.78. The number of methoxy groups -OCH3 is 1. The molecule has 0 radical (unpaired) electrons. The van der Waals surface area contributed by atoms with Gasteiger partial charge in [-0.25, -0.2) is 0 Å². The van der Waals surface area contributed by atoms with Crippen LogP contribution >= 0.6 is 48.8 Å². The zero-order chi connectivity index (χ0) is 18.4. The largest absolute Gasteiger partial charge is 0.506 e. The van der Waals surface area contributed by atoms with Crippen LogP contribution in [0.4, 0.5) is 0 Å². The van der Waals surface area contributed by atoms with Crippen molar-refractivity contribution in [2.75, 3.05) is 66.1 Å². The lowest BCUT2D eigenvalue weighted by Crippen LogP contribution is -2.54. The number of phenols is 1. The van der Waals surface area contributed by atoms with Gasteiger partial charge in [-0.05, 0) is 24.1 Å². The van der Waals surface area contributed by atoms with Gasteiger partial charge in [0.15, 0.2) is 0 Å². The lowest BCUT2D eigenvalue weighted by molar-refractivity contribution is -0.0624. The number of aromatic hydroxyl groups is 1. The van der Waals surface area contributed by atoms with Crippen LogP contribution in [0, 0.1) is 0 Å². The van der Waals surface area contributed by atoms with Crippen LogP contribution in [-0.4, -0.2) is 93.2 Å². The molecule has 0 spiro atoms. The van der Waals surface area contributed by atoms with Crippen LogP contribution in [0.15, 0.2) is 18.2 Å². The van der Waals surface area contributed by atoms with Crippen LogP contribution in [0.5, 0.6) is 5.75 Å². The van der Waals surface area contributed by atoms with Gasteiger partial charge in [0.25, 0.3) is 0 Å². The highest BCUT2D eigenvalue weighted by Gasteiger charge is 2.23. The number of ether oxygens (including phenoxy) is 2. The van der Waals surface area contributed by atoms with Crippen molar-refractivity contribution in [3.05, 3.63) is 28.8 Å².